The molecule has 0 radical (unpaired) electrons. The van der Waals surface area contributed by atoms with Crippen molar-refractivity contribution in [1.82, 2.24) is 9.97 Å². The fourth-order valence-corrected chi connectivity index (χ4v) is 3.38. The first-order chi connectivity index (χ1) is 15.1. The Bertz CT molecular complexity index is 1130. The number of alkyl halides is 6. The molecule has 0 saturated heterocycles. The summed E-state index contributed by atoms with van der Waals surface area (Å²) in [5.41, 5.74) is -0.782. The minimum absolute atomic E-state index is 0.0229. The van der Waals surface area contributed by atoms with Crippen LogP contribution in [0, 0.1) is 0 Å². The Morgan fingerprint density at radius 2 is 0.875 bits per heavy atom. The molecular weight excluding hydrogens is 430 g/mol. The highest BCUT2D eigenvalue weighted by molar-refractivity contribution is 5.90. The summed E-state index contributed by atoms with van der Waals surface area (Å²) in [6.07, 6.45) is -6.43. The number of aromatic nitrogens is 2. The van der Waals surface area contributed by atoms with Crippen LogP contribution < -0.4 is 0 Å². The maximum Gasteiger partial charge on any atom is 0.416 e. The van der Waals surface area contributed by atoms with E-state index in [1.165, 1.54) is 24.5 Å². The lowest BCUT2D eigenvalue weighted by molar-refractivity contribution is -0.138. The van der Waals surface area contributed by atoms with Gasteiger partial charge in [-0.2, -0.15) is 26.3 Å². The van der Waals surface area contributed by atoms with Crippen LogP contribution in [0.2, 0.25) is 0 Å². The molecule has 0 atom stereocenters. The number of rotatable bonds is 3. The van der Waals surface area contributed by atoms with Gasteiger partial charge in [-0.15, -0.1) is 0 Å². The summed E-state index contributed by atoms with van der Waals surface area (Å²) in [4.78, 5) is 8.36. The highest BCUT2D eigenvalue weighted by atomic mass is 19.4. The molecule has 0 saturated carbocycles. The summed E-state index contributed by atoms with van der Waals surface area (Å²) in [7, 11) is 0. The number of pyridine rings is 2. The van der Waals surface area contributed by atoms with E-state index in [0.29, 0.717) is 11.4 Å². The molecule has 2 nitrogen and oxygen atoms in total. The van der Waals surface area contributed by atoms with Crippen molar-refractivity contribution in [2.45, 2.75) is 12.4 Å². The fraction of sp³-hybridized carbons (Fsp3) is 0.0833. The molecule has 0 aliphatic rings. The third-order valence-corrected chi connectivity index (χ3v) is 4.87. The zero-order valence-corrected chi connectivity index (χ0v) is 16.2. The third-order valence-electron chi connectivity index (χ3n) is 4.87. The molecule has 0 aliphatic heterocycles. The average Bonchev–Trinajstić information content (AvgIpc) is 2.78. The van der Waals surface area contributed by atoms with Crippen molar-refractivity contribution < 1.29 is 26.3 Å². The normalized spacial score (nSPS) is 12.1. The Morgan fingerprint density at radius 1 is 0.469 bits per heavy atom. The van der Waals surface area contributed by atoms with Crippen molar-refractivity contribution >= 4 is 0 Å². The number of benzene rings is 2. The van der Waals surface area contributed by atoms with Gasteiger partial charge in [0.05, 0.1) is 22.5 Å². The first-order valence-corrected chi connectivity index (χ1v) is 9.40. The Balaban J connectivity index is 2.07. The van der Waals surface area contributed by atoms with Crippen LogP contribution >= 0.6 is 0 Å². The van der Waals surface area contributed by atoms with Gasteiger partial charge in [-0.1, -0.05) is 24.3 Å². The molecule has 2 aromatic heterocycles. The summed E-state index contributed by atoms with van der Waals surface area (Å²) in [5.74, 6) is 0. The standard InChI is InChI=1S/C24H14F6N2/c25-23(26,27)15-7-9-17(21-5-1-3-11-31-21)19(13-15)20-14-16(24(28,29)30)8-10-18(20)22-6-2-4-12-32-22/h1-14H. The lowest BCUT2D eigenvalue weighted by atomic mass is 9.89. The van der Waals surface area contributed by atoms with Crippen LogP contribution in [0.15, 0.2) is 85.2 Å². The Kier molecular flexibility index (Phi) is 5.46. The van der Waals surface area contributed by atoms with Crippen LogP contribution in [0.5, 0.6) is 0 Å². The van der Waals surface area contributed by atoms with E-state index in [1.54, 1.807) is 36.4 Å². The van der Waals surface area contributed by atoms with E-state index in [4.69, 9.17) is 0 Å². The van der Waals surface area contributed by atoms with Crippen LogP contribution in [-0.4, -0.2) is 9.97 Å². The average molecular weight is 444 g/mol. The maximum atomic E-state index is 13.5. The first-order valence-electron chi connectivity index (χ1n) is 9.40. The van der Waals surface area contributed by atoms with Gasteiger partial charge in [0.25, 0.3) is 0 Å². The molecule has 0 N–H and O–H groups in total. The summed E-state index contributed by atoms with van der Waals surface area (Å²) in [6.45, 7) is 0. The molecule has 4 rings (SSSR count). The molecule has 0 unspecified atom stereocenters. The topological polar surface area (TPSA) is 25.8 Å². The van der Waals surface area contributed by atoms with Gasteiger partial charge in [-0.3, -0.25) is 9.97 Å². The second-order valence-electron chi connectivity index (χ2n) is 6.95. The summed E-state index contributed by atoms with van der Waals surface area (Å²) in [5, 5.41) is 0. The maximum absolute atomic E-state index is 13.5. The van der Waals surface area contributed by atoms with Gasteiger partial charge in [0.2, 0.25) is 0 Å². The van der Waals surface area contributed by atoms with Crippen LogP contribution in [0.4, 0.5) is 26.3 Å². The molecule has 0 fully saturated rings. The van der Waals surface area contributed by atoms with Gasteiger partial charge in [0.1, 0.15) is 0 Å². The molecule has 0 bridgehead atoms. The van der Waals surface area contributed by atoms with Crippen molar-refractivity contribution in [1.29, 1.82) is 0 Å². The largest absolute Gasteiger partial charge is 0.416 e. The monoisotopic (exact) mass is 444 g/mol. The van der Waals surface area contributed by atoms with Crippen molar-refractivity contribution in [2.24, 2.45) is 0 Å². The van der Waals surface area contributed by atoms with E-state index in [9.17, 15) is 26.3 Å². The van der Waals surface area contributed by atoms with Crippen LogP contribution in [0.3, 0.4) is 0 Å². The van der Waals surface area contributed by atoms with Gasteiger partial charge < -0.3 is 0 Å². The Morgan fingerprint density at radius 3 is 1.19 bits per heavy atom. The molecular formula is C24H14F6N2. The van der Waals surface area contributed by atoms with Crippen molar-refractivity contribution in [3.63, 3.8) is 0 Å². The number of nitrogens with zero attached hydrogens (tertiary/aromatic N) is 2. The van der Waals surface area contributed by atoms with Crippen molar-refractivity contribution in [3.05, 3.63) is 96.3 Å². The van der Waals surface area contributed by atoms with Gasteiger partial charge in [0.15, 0.2) is 0 Å². The zero-order valence-electron chi connectivity index (χ0n) is 16.2. The molecule has 2 aromatic carbocycles. The summed E-state index contributed by atoms with van der Waals surface area (Å²) >= 11 is 0. The molecule has 0 amide bonds. The summed E-state index contributed by atoms with van der Waals surface area (Å²) < 4.78 is 81.0. The third kappa shape index (κ3) is 4.34. The van der Waals surface area contributed by atoms with Gasteiger partial charge in [-0.05, 0) is 59.7 Å². The number of hydrogen-bond donors (Lipinski definition) is 0. The smallest absolute Gasteiger partial charge is 0.256 e. The minimum Gasteiger partial charge on any atom is -0.256 e. The highest BCUT2D eigenvalue weighted by Crippen LogP contribution is 2.43. The number of hydrogen-bond acceptors (Lipinski definition) is 2. The second-order valence-corrected chi connectivity index (χ2v) is 6.95. The molecule has 0 aliphatic carbocycles. The van der Waals surface area contributed by atoms with E-state index >= 15 is 0 Å². The highest BCUT2D eigenvalue weighted by Gasteiger charge is 2.34. The SMILES string of the molecule is FC(F)(F)c1ccc(-c2ccccn2)c(-c2cc(C(F)(F)F)ccc2-c2ccccn2)c1. The van der Waals surface area contributed by atoms with Crippen molar-refractivity contribution in [3.8, 4) is 33.6 Å². The van der Waals surface area contributed by atoms with E-state index in [2.05, 4.69) is 9.97 Å². The van der Waals surface area contributed by atoms with Crippen molar-refractivity contribution in [2.75, 3.05) is 0 Å². The molecule has 8 heteroatoms. The molecule has 32 heavy (non-hydrogen) atoms. The van der Waals surface area contributed by atoms with Gasteiger partial charge in [0, 0.05) is 23.5 Å². The lowest BCUT2D eigenvalue weighted by Gasteiger charge is -2.18. The van der Waals surface area contributed by atoms with E-state index in [1.807, 2.05) is 0 Å². The Labute approximate surface area is 179 Å². The van der Waals surface area contributed by atoms with E-state index in [0.717, 1.165) is 24.3 Å². The molecule has 162 valence electrons. The number of halogens is 6. The first kappa shape index (κ1) is 21.5. The minimum atomic E-state index is -4.68. The second kappa shape index (κ2) is 8.11. The van der Waals surface area contributed by atoms with Gasteiger partial charge in [-0.25, -0.2) is 0 Å². The van der Waals surface area contributed by atoms with Crippen LogP contribution in [0.1, 0.15) is 11.1 Å². The predicted octanol–water partition coefficient (Wildman–Crippen LogP) is 7.52. The Hall–Kier alpha value is -3.68. The van der Waals surface area contributed by atoms with Crippen LogP contribution in [0.25, 0.3) is 33.6 Å². The van der Waals surface area contributed by atoms with E-state index in [-0.39, 0.29) is 22.3 Å². The fourth-order valence-electron chi connectivity index (χ4n) is 3.38. The molecule has 0 spiro atoms. The quantitative estimate of drug-likeness (QED) is 0.306. The zero-order chi connectivity index (χ0) is 22.9. The van der Waals surface area contributed by atoms with E-state index < -0.39 is 23.5 Å². The predicted molar refractivity (Wildman–Crippen MR) is 108 cm³/mol. The van der Waals surface area contributed by atoms with Crippen LogP contribution in [-0.2, 0) is 12.4 Å². The van der Waals surface area contributed by atoms with Gasteiger partial charge >= 0.3 is 12.4 Å². The lowest BCUT2D eigenvalue weighted by Crippen LogP contribution is -2.07. The summed E-state index contributed by atoms with van der Waals surface area (Å²) in [6, 6.07) is 15.7. The molecule has 2 heterocycles. The molecule has 4 aromatic rings.